The summed E-state index contributed by atoms with van der Waals surface area (Å²) in [5.74, 6) is 0. The molecule has 0 aliphatic heterocycles. The third kappa shape index (κ3) is 1.94. The van der Waals surface area contributed by atoms with Crippen LogP contribution in [0.1, 0.15) is 5.56 Å². The van der Waals surface area contributed by atoms with Crippen LogP contribution in [0.2, 0.25) is 10.0 Å². The first-order valence-corrected chi connectivity index (χ1v) is 4.06. The van der Waals surface area contributed by atoms with Gasteiger partial charge in [0.1, 0.15) is 0 Å². The van der Waals surface area contributed by atoms with Crippen LogP contribution in [-0.4, -0.2) is 0 Å². The van der Waals surface area contributed by atoms with Gasteiger partial charge >= 0.3 is 6.18 Å². The van der Waals surface area contributed by atoms with Crippen molar-refractivity contribution in [2.24, 2.45) is 0 Å². The van der Waals surface area contributed by atoms with Crippen LogP contribution in [0, 0.1) is 6.57 Å². The van der Waals surface area contributed by atoms with Gasteiger partial charge in [0.05, 0.1) is 22.2 Å². The Hall–Kier alpha value is -0.920. The molecular formula is C8H2Cl2F3N. The monoisotopic (exact) mass is 239 g/mol. The minimum absolute atomic E-state index is 0.216. The Morgan fingerprint density at radius 1 is 1.21 bits per heavy atom. The fourth-order valence-electron chi connectivity index (χ4n) is 0.903. The van der Waals surface area contributed by atoms with Gasteiger partial charge in [0.25, 0.3) is 0 Å². The van der Waals surface area contributed by atoms with E-state index in [4.69, 9.17) is 29.8 Å². The molecule has 0 aliphatic carbocycles. The summed E-state index contributed by atoms with van der Waals surface area (Å²) in [5, 5.41) is -0.848. The third-order valence-corrected chi connectivity index (χ3v) is 2.28. The summed E-state index contributed by atoms with van der Waals surface area (Å²) >= 11 is 10.8. The van der Waals surface area contributed by atoms with E-state index in [1.807, 2.05) is 0 Å². The molecule has 0 heterocycles. The van der Waals surface area contributed by atoms with E-state index < -0.39 is 22.4 Å². The highest BCUT2D eigenvalue weighted by Gasteiger charge is 2.36. The summed E-state index contributed by atoms with van der Waals surface area (Å²) in [5.41, 5.74) is -1.73. The topological polar surface area (TPSA) is 4.36 Å². The Morgan fingerprint density at radius 2 is 1.79 bits per heavy atom. The van der Waals surface area contributed by atoms with Crippen LogP contribution in [0.4, 0.5) is 18.9 Å². The van der Waals surface area contributed by atoms with Gasteiger partial charge in [0.15, 0.2) is 0 Å². The maximum Gasteiger partial charge on any atom is 0.408 e. The van der Waals surface area contributed by atoms with Crippen molar-refractivity contribution < 1.29 is 13.2 Å². The van der Waals surface area contributed by atoms with Crippen LogP contribution in [0.15, 0.2) is 12.1 Å². The molecule has 6 heteroatoms. The molecule has 74 valence electrons. The summed E-state index contributed by atoms with van der Waals surface area (Å²) in [6.07, 6.45) is -4.66. The normalized spacial score (nSPS) is 11.1. The molecule has 0 saturated heterocycles. The van der Waals surface area contributed by atoms with Crippen LogP contribution in [0.3, 0.4) is 0 Å². The average Bonchev–Trinajstić information content (AvgIpc) is 2.07. The molecule has 0 aliphatic rings. The zero-order chi connectivity index (χ0) is 10.9. The Labute approximate surface area is 87.9 Å². The van der Waals surface area contributed by atoms with E-state index in [1.54, 1.807) is 0 Å². The van der Waals surface area contributed by atoms with Crippen LogP contribution in [0.5, 0.6) is 0 Å². The second-order valence-electron chi connectivity index (χ2n) is 2.37. The van der Waals surface area contributed by atoms with E-state index >= 15 is 0 Å². The SMILES string of the molecule is [C-]#[N+]c1ccc(Cl)c(Cl)c1C(F)(F)F. The first-order valence-electron chi connectivity index (χ1n) is 3.30. The Morgan fingerprint density at radius 3 is 2.21 bits per heavy atom. The lowest BCUT2D eigenvalue weighted by Crippen LogP contribution is -2.06. The molecule has 1 rings (SSSR count). The summed E-state index contributed by atoms with van der Waals surface area (Å²) in [6.45, 7) is 6.55. The fraction of sp³-hybridized carbons (Fsp3) is 0.125. The molecule has 0 bridgehead atoms. The Kier molecular flexibility index (Phi) is 2.93. The van der Waals surface area contributed by atoms with Crippen molar-refractivity contribution in [3.8, 4) is 0 Å². The molecule has 0 fully saturated rings. The second-order valence-corrected chi connectivity index (χ2v) is 3.15. The summed E-state index contributed by atoms with van der Waals surface area (Å²) in [6, 6.07) is 2.15. The van der Waals surface area contributed by atoms with Crippen molar-refractivity contribution in [2.45, 2.75) is 6.18 Å². The van der Waals surface area contributed by atoms with Crippen LogP contribution < -0.4 is 0 Å². The van der Waals surface area contributed by atoms with E-state index in [0.29, 0.717) is 0 Å². The van der Waals surface area contributed by atoms with Crippen molar-refractivity contribution in [2.75, 3.05) is 0 Å². The lowest BCUT2D eigenvalue weighted by molar-refractivity contribution is -0.136. The number of hydrogen-bond donors (Lipinski definition) is 0. The molecule has 0 unspecified atom stereocenters. The summed E-state index contributed by atoms with van der Waals surface area (Å²) < 4.78 is 37.2. The molecule has 0 radical (unpaired) electrons. The number of hydrogen-bond acceptors (Lipinski definition) is 0. The smallest absolute Gasteiger partial charge is 0.237 e. The van der Waals surface area contributed by atoms with Gasteiger partial charge in [-0.25, -0.2) is 4.85 Å². The van der Waals surface area contributed by atoms with Crippen molar-refractivity contribution in [1.82, 2.24) is 0 Å². The van der Waals surface area contributed by atoms with Gasteiger partial charge in [-0.1, -0.05) is 35.3 Å². The predicted octanol–water partition coefficient (Wildman–Crippen LogP) is 4.56. The van der Waals surface area contributed by atoms with E-state index in [9.17, 15) is 13.2 Å². The van der Waals surface area contributed by atoms with Crippen LogP contribution >= 0.6 is 23.2 Å². The van der Waals surface area contributed by atoms with E-state index in [1.165, 1.54) is 0 Å². The van der Waals surface area contributed by atoms with Gasteiger partial charge in [-0.15, -0.1) is 0 Å². The van der Waals surface area contributed by atoms with Crippen molar-refractivity contribution in [3.63, 3.8) is 0 Å². The van der Waals surface area contributed by atoms with Crippen molar-refractivity contribution in [3.05, 3.63) is 39.2 Å². The third-order valence-electron chi connectivity index (χ3n) is 1.48. The Bertz CT molecular complexity index is 406. The maximum atomic E-state index is 12.4. The molecule has 14 heavy (non-hydrogen) atoms. The molecule has 0 spiro atoms. The molecule has 0 N–H and O–H groups in total. The molecular weight excluding hydrogens is 238 g/mol. The van der Waals surface area contributed by atoms with Crippen LogP contribution in [0.25, 0.3) is 4.85 Å². The maximum absolute atomic E-state index is 12.4. The van der Waals surface area contributed by atoms with E-state index in [-0.39, 0.29) is 5.02 Å². The minimum Gasteiger partial charge on any atom is -0.237 e. The zero-order valence-electron chi connectivity index (χ0n) is 6.49. The molecule has 1 aromatic rings. The molecule has 0 amide bonds. The minimum atomic E-state index is -4.66. The largest absolute Gasteiger partial charge is 0.408 e. The van der Waals surface area contributed by atoms with Gasteiger partial charge in [-0.05, 0) is 0 Å². The van der Waals surface area contributed by atoms with E-state index in [0.717, 1.165) is 12.1 Å². The molecule has 0 saturated carbocycles. The van der Waals surface area contributed by atoms with Gasteiger partial charge in [0, 0.05) is 0 Å². The zero-order valence-corrected chi connectivity index (χ0v) is 8.00. The van der Waals surface area contributed by atoms with Gasteiger partial charge in [-0.3, -0.25) is 0 Å². The number of nitrogens with zero attached hydrogens (tertiary/aromatic N) is 1. The van der Waals surface area contributed by atoms with Crippen molar-refractivity contribution in [1.29, 1.82) is 0 Å². The van der Waals surface area contributed by atoms with Crippen LogP contribution in [-0.2, 0) is 6.18 Å². The van der Waals surface area contributed by atoms with E-state index in [2.05, 4.69) is 4.85 Å². The quantitative estimate of drug-likeness (QED) is 0.585. The Balaban J connectivity index is 3.54. The average molecular weight is 240 g/mol. The fourth-order valence-corrected chi connectivity index (χ4v) is 1.33. The predicted molar refractivity (Wildman–Crippen MR) is 47.7 cm³/mol. The molecule has 0 atom stereocenters. The molecule has 0 aromatic heterocycles. The summed E-state index contributed by atoms with van der Waals surface area (Å²) in [4.78, 5) is 2.73. The highest BCUT2D eigenvalue weighted by molar-refractivity contribution is 6.42. The first kappa shape index (κ1) is 11.2. The molecule has 1 nitrogen and oxygen atoms in total. The standard InChI is InChI=1S/C8H2Cl2F3N/c1-14-5-3-2-4(9)7(10)6(5)8(11,12)13/h2-3H. The van der Waals surface area contributed by atoms with Gasteiger partial charge in [-0.2, -0.15) is 13.2 Å². The van der Waals surface area contributed by atoms with Gasteiger partial charge in [0.2, 0.25) is 5.69 Å². The van der Waals surface area contributed by atoms with Crippen molar-refractivity contribution >= 4 is 28.9 Å². The lowest BCUT2D eigenvalue weighted by Gasteiger charge is -2.11. The number of rotatable bonds is 0. The summed E-state index contributed by atoms with van der Waals surface area (Å²) in [7, 11) is 0. The molecule has 1 aromatic carbocycles. The highest BCUT2D eigenvalue weighted by atomic mass is 35.5. The second kappa shape index (κ2) is 3.68. The first-order chi connectivity index (χ1) is 6.38. The number of benzene rings is 1. The highest BCUT2D eigenvalue weighted by Crippen LogP contribution is 2.43. The lowest BCUT2D eigenvalue weighted by atomic mass is 10.1. The van der Waals surface area contributed by atoms with Gasteiger partial charge < -0.3 is 0 Å². The number of halogens is 5. The number of alkyl halides is 3.